The van der Waals surface area contributed by atoms with E-state index in [4.69, 9.17) is 5.11 Å². The van der Waals surface area contributed by atoms with Crippen LogP contribution in [0.4, 0.5) is 0 Å². The molecular formula is C14H20N2O3. The number of nitrogens with one attached hydrogen (secondary N) is 2. The number of benzene rings is 1. The first-order valence-electron chi connectivity index (χ1n) is 6.22. The molecule has 1 aromatic rings. The molecule has 0 saturated heterocycles. The average molecular weight is 264 g/mol. The van der Waals surface area contributed by atoms with Gasteiger partial charge in [-0.2, -0.15) is 0 Å². The van der Waals surface area contributed by atoms with Crippen LogP contribution in [0.25, 0.3) is 0 Å². The number of carboxylic acid groups (broad SMARTS) is 1. The smallest absolute Gasteiger partial charge is 0.335 e. The van der Waals surface area contributed by atoms with Gasteiger partial charge in [-0.1, -0.05) is 19.1 Å². The van der Waals surface area contributed by atoms with E-state index >= 15 is 0 Å². The second-order valence-corrected chi connectivity index (χ2v) is 4.84. The van der Waals surface area contributed by atoms with E-state index in [1.54, 1.807) is 32.0 Å². The molecule has 0 fully saturated rings. The number of amides is 1. The molecule has 104 valence electrons. The molecule has 0 unspecified atom stereocenters. The van der Waals surface area contributed by atoms with Gasteiger partial charge in [0.1, 0.15) is 0 Å². The molecule has 0 bridgehead atoms. The fourth-order valence-electron chi connectivity index (χ4n) is 1.74. The highest BCUT2D eigenvalue weighted by Crippen LogP contribution is 2.07. The summed E-state index contributed by atoms with van der Waals surface area (Å²) in [4.78, 5) is 22.8. The summed E-state index contributed by atoms with van der Waals surface area (Å²) >= 11 is 0. The third-order valence-corrected chi connectivity index (χ3v) is 2.81. The minimum Gasteiger partial charge on any atom is -0.478 e. The number of hydrogen-bond acceptors (Lipinski definition) is 3. The van der Waals surface area contributed by atoms with Crippen LogP contribution in [-0.4, -0.2) is 29.1 Å². The highest BCUT2D eigenvalue weighted by molar-refractivity contribution is 5.88. The molecule has 0 heterocycles. The third kappa shape index (κ3) is 4.37. The van der Waals surface area contributed by atoms with E-state index < -0.39 is 11.5 Å². The minimum atomic E-state index is -0.971. The fourth-order valence-corrected chi connectivity index (χ4v) is 1.74. The number of likely N-dealkylation sites (N-methyl/N-ethyl adjacent to an activating group) is 1. The van der Waals surface area contributed by atoms with Gasteiger partial charge in [0.15, 0.2) is 0 Å². The topological polar surface area (TPSA) is 78.4 Å². The number of aromatic carboxylic acids is 1. The summed E-state index contributed by atoms with van der Waals surface area (Å²) in [6, 6.07) is 6.53. The zero-order chi connectivity index (χ0) is 14.5. The van der Waals surface area contributed by atoms with Gasteiger partial charge in [-0.05, 0) is 38.1 Å². The molecule has 0 aliphatic rings. The van der Waals surface area contributed by atoms with Crippen molar-refractivity contribution in [2.24, 2.45) is 0 Å². The van der Waals surface area contributed by atoms with Gasteiger partial charge >= 0.3 is 5.97 Å². The maximum Gasteiger partial charge on any atom is 0.335 e. The lowest BCUT2D eigenvalue weighted by Gasteiger charge is -2.24. The van der Waals surface area contributed by atoms with Crippen molar-refractivity contribution in [2.75, 3.05) is 6.54 Å². The molecule has 5 nitrogen and oxygen atoms in total. The van der Waals surface area contributed by atoms with E-state index in [1.165, 1.54) is 6.07 Å². The summed E-state index contributed by atoms with van der Waals surface area (Å²) in [6.07, 6.45) is 0. The molecular weight excluding hydrogens is 244 g/mol. The zero-order valence-electron chi connectivity index (χ0n) is 11.5. The molecule has 0 aliphatic carbocycles. The van der Waals surface area contributed by atoms with Crippen LogP contribution in [0.3, 0.4) is 0 Å². The average Bonchev–Trinajstić information content (AvgIpc) is 2.36. The summed E-state index contributed by atoms with van der Waals surface area (Å²) in [5, 5.41) is 14.8. The Hall–Kier alpha value is -1.88. The third-order valence-electron chi connectivity index (χ3n) is 2.81. The molecule has 1 amide bonds. The first-order valence-corrected chi connectivity index (χ1v) is 6.22. The van der Waals surface area contributed by atoms with E-state index in [2.05, 4.69) is 10.6 Å². The second kappa shape index (κ2) is 6.33. The molecule has 3 N–H and O–H groups in total. The van der Waals surface area contributed by atoms with Crippen LogP contribution in [0.2, 0.25) is 0 Å². The maximum absolute atomic E-state index is 12.0. The highest BCUT2D eigenvalue weighted by atomic mass is 16.4. The van der Waals surface area contributed by atoms with Gasteiger partial charge in [0.05, 0.1) is 11.1 Å². The Morgan fingerprint density at radius 1 is 1.32 bits per heavy atom. The largest absolute Gasteiger partial charge is 0.478 e. The van der Waals surface area contributed by atoms with Gasteiger partial charge in [-0.25, -0.2) is 4.79 Å². The van der Waals surface area contributed by atoms with Crippen LogP contribution >= 0.6 is 0 Å². The van der Waals surface area contributed by atoms with Crippen LogP contribution in [0.15, 0.2) is 24.3 Å². The lowest BCUT2D eigenvalue weighted by atomic mass is 10.0. The lowest BCUT2D eigenvalue weighted by Crippen LogP contribution is -2.52. The van der Waals surface area contributed by atoms with Gasteiger partial charge in [0.2, 0.25) is 5.91 Å². The fraction of sp³-hybridized carbons (Fsp3) is 0.429. The van der Waals surface area contributed by atoms with Crippen LogP contribution < -0.4 is 10.6 Å². The van der Waals surface area contributed by atoms with Crippen molar-refractivity contribution >= 4 is 11.9 Å². The Bertz CT molecular complexity index is 470. The lowest BCUT2D eigenvalue weighted by molar-refractivity contribution is -0.126. The summed E-state index contributed by atoms with van der Waals surface area (Å²) in [5.41, 5.74) is 0.345. The van der Waals surface area contributed by atoms with Crippen LogP contribution in [0.1, 0.15) is 36.7 Å². The molecule has 5 heteroatoms. The van der Waals surface area contributed by atoms with Gasteiger partial charge in [0.25, 0.3) is 0 Å². The van der Waals surface area contributed by atoms with Gasteiger partial charge in [-0.15, -0.1) is 0 Å². The van der Waals surface area contributed by atoms with E-state index in [1.807, 2.05) is 6.92 Å². The van der Waals surface area contributed by atoms with Crippen molar-refractivity contribution < 1.29 is 14.7 Å². The Kier molecular flexibility index (Phi) is 5.06. The molecule has 0 aromatic heterocycles. The van der Waals surface area contributed by atoms with Crippen LogP contribution in [0.5, 0.6) is 0 Å². The van der Waals surface area contributed by atoms with E-state index in [0.29, 0.717) is 13.1 Å². The molecule has 0 spiro atoms. The number of carbonyl (C=O) groups is 2. The summed E-state index contributed by atoms with van der Waals surface area (Å²) in [6.45, 7) is 6.56. The molecule has 0 aliphatic heterocycles. The number of carboxylic acids is 1. The molecule has 1 rings (SSSR count). The van der Waals surface area contributed by atoms with Crippen molar-refractivity contribution in [2.45, 2.75) is 32.9 Å². The summed E-state index contributed by atoms with van der Waals surface area (Å²) < 4.78 is 0. The molecule has 1 aromatic carbocycles. The second-order valence-electron chi connectivity index (χ2n) is 4.84. The van der Waals surface area contributed by atoms with Crippen molar-refractivity contribution in [3.63, 3.8) is 0 Å². The number of hydrogen-bond donors (Lipinski definition) is 3. The van der Waals surface area contributed by atoms with Crippen molar-refractivity contribution in [3.8, 4) is 0 Å². The van der Waals surface area contributed by atoms with Gasteiger partial charge in [0, 0.05) is 6.54 Å². The van der Waals surface area contributed by atoms with Crippen LogP contribution in [-0.2, 0) is 11.3 Å². The minimum absolute atomic E-state index is 0.116. The SMILES string of the molecule is CCNC(C)(C)C(=O)NCc1cccc(C(=O)O)c1. The van der Waals surface area contributed by atoms with Crippen LogP contribution in [0, 0.1) is 0 Å². The van der Waals surface area contributed by atoms with Gasteiger partial charge < -0.3 is 15.7 Å². The monoisotopic (exact) mass is 264 g/mol. The zero-order valence-corrected chi connectivity index (χ0v) is 11.5. The van der Waals surface area contributed by atoms with Crippen molar-refractivity contribution in [3.05, 3.63) is 35.4 Å². The Balaban J connectivity index is 2.64. The Morgan fingerprint density at radius 3 is 2.58 bits per heavy atom. The Labute approximate surface area is 113 Å². The summed E-state index contributed by atoms with van der Waals surface area (Å²) in [7, 11) is 0. The quantitative estimate of drug-likeness (QED) is 0.725. The van der Waals surface area contributed by atoms with E-state index in [9.17, 15) is 9.59 Å². The molecule has 19 heavy (non-hydrogen) atoms. The van der Waals surface area contributed by atoms with Crippen molar-refractivity contribution in [1.29, 1.82) is 0 Å². The standard InChI is InChI=1S/C14H20N2O3/c1-4-16-14(2,3)13(19)15-9-10-6-5-7-11(8-10)12(17)18/h5-8,16H,4,9H2,1-3H3,(H,15,19)(H,17,18). The normalized spacial score (nSPS) is 11.1. The maximum atomic E-state index is 12.0. The first kappa shape index (κ1) is 15.2. The first-order chi connectivity index (χ1) is 8.86. The van der Waals surface area contributed by atoms with E-state index in [0.717, 1.165) is 5.56 Å². The highest BCUT2D eigenvalue weighted by Gasteiger charge is 2.25. The van der Waals surface area contributed by atoms with Gasteiger partial charge in [-0.3, -0.25) is 4.79 Å². The molecule has 0 atom stereocenters. The molecule has 0 saturated carbocycles. The predicted octanol–water partition coefficient (Wildman–Crippen LogP) is 1.39. The molecule has 0 radical (unpaired) electrons. The Morgan fingerprint density at radius 2 is 2.00 bits per heavy atom. The number of rotatable bonds is 6. The number of carbonyl (C=O) groups excluding carboxylic acids is 1. The van der Waals surface area contributed by atoms with Crippen molar-refractivity contribution in [1.82, 2.24) is 10.6 Å². The predicted molar refractivity (Wildman–Crippen MR) is 73.0 cm³/mol. The summed E-state index contributed by atoms with van der Waals surface area (Å²) in [5.74, 6) is -1.09. The van der Waals surface area contributed by atoms with E-state index in [-0.39, 0.29) is 11.5 Å².